The number of thiazole rings is 1. The lowest BCUT2D eigenvalue weighted by Crippen LogP contribution is -2.29. The Kier molecular flexibility index (Phi) is 6.14. The van der Waals surface area contributed by atoms with Gasteiger partial charge in [0.2, 0.25) is 5.52 Å². The molecule has 0 amide bonds. The number of para-hydroxylation sites is 1. The number of aromatic nitrogens is 1. The van der Waals surface area contributed by atoms with Gasteiger partial charge < -0.3 is 9.64 Å². The maximum Gasteiger partial charge on any atom is 0.262 e. The van der Waals surface area contributed by atoms with Crippen molar-refractivity contribution in [3.05, 3.63) is 93.3 Å². The van der Waals surface area contributed by atoms with Crippen molar-refractivity contribution in [1.29, 1.82) is 0 Å². The van der Waals surface area contributed by atoms with E-state index in [0.717, 1.165) is 12.8 Å². The molecule has 3 heterocycles. The maximum absolute atomic E-state index is 5.86. The molecule has 2 aliphatic rings. The maximum atomic E-state index is 5.86. The monoisotopic (exact) mass is 515 g/mol. The fourth-order valence-electron chi connectivity index (χ4n) is 4.77. The lowest BCUT2D eigenvalue weighted by molar-refractivity contribution is -0.642. The molecule has 0 bridgehead atoms. The van der Waals surface area contributed by atoms with Crippen LogP contribution in [0, 0.1) is 0 Å². The van der Waals surface area contributed by atoms with E-state index < -0.39 is 0 Å². The third kappa shape index (κ3) is 4.40. The number of hydrogen-bond donors (Lipinski definition) is 0. The highest BCUT2D eigenvalue weighted by Crippen LogP contribution is 2.47. The normalized spacial score (nSPS) is 20.1. The van der Waals surface area contributed by atoms with Crippen LogP contribution in [0.4, 0.5) is 5.69 Å². The van der Waals surface area contributed by atoms with Gasteiger partial charge in [-0.05, 0) is 65.3 Å². The van der Waals surface area contributed by atoms with Crippen LogP contribution in [0.1, 0.15) is 17.8 Å². The molecule has 0 spiro atoms. The Morgan fingerprint density at radius 2 is 1.94 bits per heavy atom. The molecule has 0 saturated heterocycles. The summed E-state index contributed by atoms with van der Waals surface area (Å²) in [5, 5.41) is 4.66. The second-order valence-corrected chi connectivity index (χ2v) is 12.0. The van der Waals surface area contributed by atoms with E-state index in [9.17, 15) is 0 Å². The number of hydrogen-bond acceptors (Lipinski definition) is 5. The Balaban J connectivity index is 1.32. The summed E-state index contributed by atoms with van der Waals surface area (Å²) >= 11 is 5.48. The highest BCUT2D eigenvalue weighted by Gasteiger charge is 2.25. The number of allylic oxidation sites excluding steroid dienone is 2. The Morgan fingerprint density at radius 1 is 1.06 bits per heavy atom. The van der Waals surface area contributed by atoms with Crippen LogP contribution in [0.2, 0.25) is 0 Å². The zero-order valence-corrected chi connectivity index (χ0v) is 22.5. The summed E-state index contributed by atoms with van der Waals surface area (Å²) in [6.07, 6.45) is 9.11. The molecular weight excluding hydrogens is 489 g/mol. The standard InChI is InChI=1S/C29H27N2OS3/c1-30-23-7-4-5-8-26(23)34-28(30)16-19-13-20(15-22(14-19)32-3)17-29-31(2)24-18-21(10-11-27(24)35-29)25-9-6-12-33-25/h4-13,16-18,22H,14-15H2,1-3H3/q+1. The molecule has 176 valence electrons. The average Bonchev–Trinajstić information content (AvgIpc) is 3.59. The summed E-state index contributed by atoms with van der Waals surface area (Å²) < 4.78 is 9.46. The summed E-state index contributed by atoms with van der Waals surface area (Å²) in [6.45, 7) is 0. The highest BCUT2D eigenvalue weighted by molar-refractivity contribution is 8.03. The van der Waals surface area contributed by atoms with Crippen LogP contribution >= 0.6 is 34.4 Å². The third-order valence-corrected chi connectivity index (χ3v) is 9.94. The van der Waals surface area contributed by atoms with Crippen LogP contribution in [0.3, 0.4) is 0 Å². The molecular formula is C29H27N2OS3+. The van der Waals surface area contributed by atoms with Crippen LogP contribution < -0.4 is 9.47 Å². The molecule has 0 saturated carbocycles. The zero-order valence-electron chi connectivity index (χ0n) is 20.0. The first kappa shape index (κ1) is 22.8. The topological polar surface area (TPSA) is 16.4 Å². The molecule has 4 aromatic rings. The van der Waals surface area contributed by atoms with Crippen LogP contribution in [0.5, 0.6) is 0 Å². The van der Waals surface area contributed by atoms with E-state index in [2.05, 4.69) is 102 Å². The number of benzene rings is 2. The molecule has 1 unspecified atom stereocenters. The number of nitrogens with zero attached hydrogens (tertiary/aromatic N) is 2. The molecule has 0 fully saturated rings. The fourth-order valence-corrected chi connectivity index (χ4v) is 7.73. The zero-order chi connectivity index (χ0) is 23.9. The van der Waals surface area contributed by atoms with Crippen molar-refractivity contribution in [2.24, 2.45) is 7.05 Å². The van der Waals surface area contributed by atoms with E-state index in [1.54, 1.807) is 11.3 Å². The lowest BCUT2D eigenvalue weighted by Gasteiger charge is -2.23. The minimum atomic E-state index is 0.197. The molecule has 3 nitrogen and oxygen atoms in total. The molecule has 0 radical (unpaired) electrons. The van der Waals surface area contributed by atoms with Gasteiger partial charge in [-0.15, -0.1) is 11.3 Å². The van der Waals surface area contributed by atoms with Crippen LogP contribution in [0.25, 0.3) is 26.7 Å². The summed E-state index contributed by atoms with van der Waals surface area (Å²) in [4.78, 5) is 4.95. The first-order valence-corrected chi connectivity index (χ1v) is 14.2. The second kappa shape index (κ2) is 9.43. The Morgan fingerprint density at radius 3 is 2.74 bits per heavy atom. The largest absolute Gasteiger partial charge is 0.381 e. The van der Waals surface area contributed by atoms with Gasteiger partial charge in [-0.25, -0.2) is 0 Å². The number of anilines is 1. The molecule has 2 aromatic heterocycles. The molecule has 1 aliphatic carbocycles. The minimum Gasteiger partial charge on any atom is -0.381 e. The number of rotatable bonds is 4. The highest BCUT2D eigenvalue weighted by atomic mass is 32.2. The fraction of sp³-hybridized carbons (Fsp3) is 0.207. The number of thiophene rings is 1. The van der Waals surface area contributed by atoms with E-state index >= 15 is 0 Å². The number of fused-ring (bicyclic) bond motifs is 2. The Bertz CT molecular complexity index is 1490. The van der Waals surface area contributed by atoms with Crippen molar-refractivity contribution >= 4 is 56.4 Å². The summed E-state index contributed by atoms with van der Waals surface area (Å²) in [5.41, 5.74) is 6.47. The van der Waals surface area contributed by atoms with Gasteiger partial charge in [-0.2, -0.15) is 4.57 Å². The van der Waals surface area contributed by atoms with Gasteiger partial charge in [-0.3, -0.25) is 0 Å². The van der Waals surface area contributed by atoms with Gasteiger partial charge in [0.1, 0.15) is 11.7 Å². The minimum absolute atomic E-state index is 0.197. The molecule has 0 N–H and O–H groups in total. The van der Waals surface area contributed by atoms with Crippen molar-refractivity contribution in [1.82, 2.24) is 0 Å². The molecule has 35 heavy (non-hydrogen) atoms. The molecule has 1 atom stereocenters. The molecule has 1 aliphatic heterocycles. The lowest BCUT2D eigenvalue weighted by atomic mass is 9.92. The SMILES string of the molecule is COC1CC(C=C2Sc3ccc(-c4cccs4)cc3N2C)=CC(=Cc2sc3ccccc3[n+]2C)C1. The second-order valence-electron chi connectivity index (χ2n) is 8.97. The van der Waals surface area contributed by atoms with E-state index in [0.29, 0.717) is 0 Å². The van der Waals surface area contributed by atoms with Gasteiger partial charge in [0, 0.05) is 36.1 Å². The van der Waals surface area contributed by atoms with Gasteiger partial charge in [0.05, 0.1) is 16.8 Å². The number of ether oxygens (including phenoxy) is 1. The Hall–Kier alpha value is -2.64. The smallest absolute Gasteiger partial charge is 0.262 e. The van der Waals surface area contributed by atoms with Crippen molar-refractivity contribution in [3.8, 4) is 10.4 Å². The van der Waals surface area contributed by atoms with E-state index in [1.807, 2.05) is 30.2 Å². The summed E-state index contributed by atoms with van der Waals surface area (Å²) in [6, 6.07) is 19.7. The number of thioether (sulfide) groups is 1. The van der Waals surface area contributed by atoms with Crippen molar-refractivity contribution in [3.63, 3.8) is 0 Å². The number of methoxy groups -OCH3 is 1. The first-order chi connectivity index (χ1) is 17.1. The Labute approximate surface area is 218 Å². The van der Waals surface area contributed by atoms with Gasteiger partial charge in [0.15, 0.2) is 0 Å². The third-order valence-electron chi connectivity index (χ3n) is 6.69. The van der Waals surface area contributed by atoms with E-state index in [4.69, 9.17) is 4.74 Å². The first-order valence-electron chi connectivity index (χ1n) is 11.7. The molecule has 2 aromatic carbocycles. The van der Waals surface area contributed by atoms with Gasteiger partial charge in [-0.1, -0.05) is 53.4 Å². The van der Waals surface area contributed by atoms with Gasteiger partial charge >= 0.3 is 0 Å². The van der Waals surface area contributed by atoms with Crippen LogP contribution in [0.15, 0.2) is 93.2 Å². The van der Waals surface area contributed by atoms with Crippen molar-refractivity contribution in [2.45, 2.75) is 23.8 Å². The van der Waals surface area contributed by atoms with Gasteiger partial charge in [0.25, 0.3) is 5.01 Å². The molecule has 6 heteroatoms. The number of aryl methyl sites for hydroxylation is 1. The summed E-state index contributed by atoms with van der Waals surface area (Å²) in [5.74, 6) is 0. The van der Waals surface area contributed by atoms with Crippen LogP contribution in [-0.4, -0.2) is 20.3 Å². The van der Waals surface area contributed by atoms with E-state index in [1.165, 1.54) is 52.4 Å². The predicted octanol–water partition coefficient (Wildman–Crippen LogP) is 7.66. The average molecular weight is 516 g/mol. The predicted molar refractivity (Wildman–Crippen MR) is 151 cm³/mol. The van der Waals surface area contributed by atoms with E-state index in [-0.39, 0.29) is 6.10 Å². The van der Waals surface area contributed by atoms with Crippen molar-refractivity contribution < 1.29 is 9.30 Å². The van der Waals surface area contributed by atoms with Crippen LogP contribution in [-0.2, 0) is 11.8 Å². The molecule has 6 rings (SSSR count). The van der Waals surface area contributed by atoms with Crippen molar-refractivity contribution in [2.75, 3.05) is 19.1 Å². The summed E-state index contributed by atoms with van der Waals surface area (Å²) in [7, 11) is 6.16. The quantitative estimate of drug-likeness (QED) is 0.260.